The first kappa shape index (κ1) is 21.1. The minimum atomic E-state index is -4.28. The van der Waals surface area contributed by atoms with Crippen LogP contribution in [0.15, 0.2) is 17.1 Å². The van der Waals surface area contributed by atoms with E-state index in [2.05, 4.69) is 10.3 Å². The standard InChI is InChI=1S/C11H22N5O6P/c12-7(3-1-5-15-11(13)14)9(17)16-8(10(18)19)4-2-6-23(20,21)22/h2,4,7-8H,1,3,5-6,12H2,(H,16,17)(H,18,19)(H4,13,14,15)(H2,20,21,22). The Kier molecular flexibility index (Phi) is 9.11. The van der Waals surface area contributed by atoms with Gasteiger partial charge in [0.05, 0.1) is 12.2 Å². The van der Waals surface area contributed by atoms with Gasteiger partial charge in [0, 0.05) is 6.54 Å². The maximum Gasteiger partial charge on any atom is 0.330 e. The number of hydrogen-bond acceptors (Lipinski definition) is 5. The second-order valence-corrected chi connectivity index (χ2v) is 6.35. The molecule has 23 heavy (non-hydrogen) atoms. The number of hydrogen-bond donors (Lipinski definition) is 7. The van der Waals surface area contributed by atoms with E-state index < -0.39 is 37.7 Å². The van der Waals surface area contributed by atoms with Gasteiger partial charge in [-0.3, -0.25) is 14.4 Å². The summed E-state index contributed by atoms with van der Waals surface area (Å²) in [6, 6.07) is -2.39. The number of allylic oxidation sites excluding steroid dienone is 1. The Balaban J connectivity index is 4.46. The number of aliphatic carboxylic acids is 1. The van der Waals surface area contributed by atoms with Gasteiger partial charge in [0.25, 0.3) is 0 Å². The van der Waals surface area contributed by atoms with Crippen molar-refractivity contribution >= 4 is 25.4 Å². The van der Waals surface area contributed by atoms with Crippen LogP contribution in [0.3, 0.4) is 0 Å². The summed E-state index contributed by atoms with van der Waals surface area (Å²) >= 11 is 0. The van der Waals surface area contributed by atoms with Gasteiger partial charge in [-0.15, -0.1) is 0 Å². The zero-order valence-corrected chi connectivity index (χ0v) is 13.2. The van der Waals surface area contributed by atoms with E-state index >= 15 is 0 Å². The van der Waals surface area contributed by atoms with Crippen molar-refractivity contribution in [2.45, 2.75) is 24.9 Å². The molecule has 0 spiro atoms. The Morgan fingerprint density at radius 3 is 2.39 bits per heavy atom. The van der Waals surface area contributed by atoms with E-state index in [-0.39, 0.29) is 18.9 Å². The molecular weight excluding hydrogens is 329 g/mol. The topological polar surface area (TPSA) is 214 Å². The summed E-state index contributed by atoms with van der Waals surface area (Å²) in [4.78, 5) is 43.8. The van der Waals surface area contributed by atoms with Crippen molar-refractivity contribution < 1.29 is 29.0 Å². The van der Waals surface area contributed by atoms with E-state index in [0.717, 1.165) is 12.2 Å². The predicted octanol–water partition coefficient (Wildman–Crippen LogP) is -2.33. The zero-order valence-electron chi connectivity index (χ0n) is 12.3. The highest BCUT2D eigenvalue weighted by Gasteiger charge is 2.21. The summed E-state index contributed by atoms with van der Waals surface area (Å²) in [7, 11) is -4.28. The molecule has 0 bridgehead atoms. The summed E-state index contributed by atoms with van der Waals surface area (Å²) in [6.07, 6.45) is 2.01. The van der Waals surface area contributed by atoms with Gasteiger partial charge in [-0.25, -0.2) is 4.79 Å². The van der Waals surface area contributed by atoms with Gasteiger partial charge in [0.15, 0.2) is 5.96 Å². The largest absolute Gasteiger partial charge is 0.479 e. The molecule has 0 heterocycles. The van der Waals surface area contributed by atoms with Crippen molar-refractivity contribution in [2.24, 2.45) is 22.2 Å². The SMILES string of the molecule is NC(N)=NCCCC(N)C(=O)NC(C=CCP(=O)(O)O)C(=O)O. The quantitative estimate of drug-likeness (QED) is 0.0737. The minimum absolute atomic E-state index is 0.0795. The molecule has 2 atom stereocenters. The molecule has 10 N–H and O–H groups in total. The maximum absolute atomic E-state index is 11.8. The number of nitrogens with zero attached hydrogens (tertiary/aromatic N) is 1. The van der Waals surface area contributed by atoms with E-state index in [4.69, 9.17) is 32.1 Å². The number of aliphatic imine (C=N–C) groups is 1. The van der Waals surface area contributed by atoms with Crippen LogP contribution in [-0.4, -0.2) is 57.5 Å². The second-order valence-electron chi connectivity index (χ2n) is 4.66. The number of guanidine groups is 1. The molecule has 12 heteroatoms. The van der Waals surface area contributed by atoms with Crippen LogP contribution in [0.2, 0.25) is 0 Å². The third kappa shape index (κ3) is 11.3. The number of amides is 1. The molecule has 2 unspecified atom stereocenters. The average Bonchev–Trinajstić information content (AvgIpc) is 2.40. The Labute approximate surface area is 132 Å². The van der Waals surface area contributed by atoms with Gasteiger partial charge < -0.3 is 37.4 Å². The Morgan fingerprint density at radius 1 is 1.30 bits per heavy atom. The number of carbonyl (C=O) groups excluding carboxylic acids is 1. The molecule has 132 valence electrons. The zero-order chi connectivity index (χ0) is 18.0. The molecule has 0 aliphatic carbocycles. The first-order valence-electron chi connectivity index (χ1n) is 6.58. The molecule has 0 saturated carbocycles. The van der Waals surface area contributed by atoms with Gasteiger partial charge in [0.1, 0.15) is 6.04 Å². The summed E-state index contributed by atoms with van der Waals surface area (Å²) in [5, 5.41) is 11.1. The van der Waals surface area contributed by atoms with Crippen LogP contribution in [0.1, 0.15) is 12.8 Å². The lowest BCUT2D eigenvalue weighted by molar-refractivity contribution is -0.140. The molecule has 0 radical (unpaired) electrons. The highest BCUT2D eigenvalue weighted by molar-refractivity contribution is 7.51. The molecule has 1 amide bonds. The van der Waals surface area contributed by atoms with Gasteiger partial charge in [-0.1, -0.05) is 12.2 Å². The molecule has 0 aromatic carbocycles. The molecule has 11 nitrogen and oxygen atoms in total. The van der Waals surface area contributed by atoms with Crippen LogP contribution in [0.5, 0.6) is 0 Å². The number of nitrogens with one attached hydrogen (secondary N) is 1. The normalized spacial score (nSPS) is 14.2. The van der Waals surface area contributed by atoms with Crippen LogP contribution < -0.4 is 22.5 Å². The summed E-state index contributed by atoms with van der Waals surface area (Å²) in [5.74, 6) is -2.17. The van der Waals surface area contributed by atoms with Crippen LogP contribution in [0, 0.1) is 0 Å². The molecule has 0 aliphatic rings. The number of rotatable bonds is 10. The summed E-state index contributed by atoms with van der Waals surface area (Å²) < 4.78 is 10.7. The van der Waals surface area contributed by atoms with Crippen LogP contribution in [0.25, 0.3) is 0 Å². The van der Waals surface area contributed by atoms with Crippen LogP contribution in [0.4, 0.5) is 0 Å². The fourth-order valence-corrected chi connectivity index (χ4v) is 1.83. The number of carboxylic acid groups (broad SMARTS) is 1. The van der Waals surface area contributed by atoms with E-state index in [1.807, 2.05) is 0 Å². The molecule has 0 aromatic rings. The van der Waals surface area contributed by atoms with Gasteiger partial charge in [-0.05, 0) is 12.8 Å². The molecular formula is C11H22N5O6P. The van der Waals surface area contributed by atoms with E-state index in [1.165, 1.54) is 0 Å². The van der Waals surface area contributed by atoms with E-state index in [0.29, 0.717) is 6.42 Å². The fraction of sp³-hybridized carbons (Fsp3) is 0.545. The lowest BCUT2D eigenvalue weighted by Crippen LogP contribution is -2.47. The molecule has 0 aliphatic heterocycles. The van der Waals surface area contributed by atoms with Crippen molar-refractivity contribution in [3.63, 3.8) is 0 Å². The monoisotopic (exact) mass is 351 g/mol. The third-order valence-corrected chi connectivity index (χ3v) is 3.23. The van der Waals surface area contributed by atoms with Crippen LogP contribution >= 0.6 is 7.60 Å². The highest BCUT2D eigenvalue weighted by atomic mass is 31.2. The van der Waals surface area contributed by atoms with Crippen LogP contribution in [-0.2, 0) is 14.2 Å². The molecule has 0 aromatic heterocycles. The lowest BCUT2D eigenvalue weighted by Gasteiger charge is -2.15. The first-order chi connectivity index (χ1) is 10.5. The Hall–Kier alpha value is -1.94. The van der Waals surface area contributed by atoms with Crippen molar-refractivity contribution in [3.05, 3.63) is 12.2 Å². The predicted molar refractivity (Wildman–Crippen MR) is 83.5 cm³/mol. The smallest absolute Gasteiger partial charge is 0.330 e. The fourth-order valence-electron chi connectivity index (χ4n) is 1.44. The Morgan fingerprint density at radius 2 is 1.91 bits per heavy atom. The summed E-state index contributed by atoms with van der Waals surface area (Å²) in [6.45, 7) is 0.286. The molecule has 0 rings (SSSR count). The number of carboxylic acids is 1. The van der Waals surface area contributed by atoms with E-state index in [1.54, 1.807) is 0 Å². The van der Waals surface area contributed by atoms with Crippen molar-refractivity contribution in [1.82, 2.24) is 5.32 Å². The second kappa shape index (κ2) is 9.95. The highest BCUT2D eigenvalue weighted by Crippen LogP contribution is 2.33. The average molecular weight is 351 g/mol. The van der Waals surface area contributed by atoms with Gasteiger partial charge >= 0.3 is 13.6 Å². The van der Waals surface area contributed by atoms with E-state index in [9.17, 15) is 14.2 Å². The molecule has 0 fully saturated rings. The van der Waals surface area contributed by atoms with Crippen molar-refractivity contribution in [2.75, 3.05) is 12.7 Å². The number of nitrogens with two attached hydrogens (primary N) is 3. The van der Waals surface area contributed by atoms with Crippen molar-refractivity contribution in [1.29, 1.82) is 0 Å². The van der Waals surface area contributed by atoms with Gasteiger partial charge in [0.2, 0.25) is 5.91 Å². The first-order valence-corrected chi connectivity index (χ1v) is 8.38. The number of carbonyl (C=O) groups is 2. The van der Waals surface area contributed by atoms with Gasteiger partial charge in [-0.2, -0.15) is 0 Å². The minimum Gasteiger partial charge on any atom is -0.479 e. The third-order valence-electron chi connectivity index (χ3n) is 2.54. The Bertz CT molecular complexity index is 513. The van der Waals surface area contributed by atoms with Crippen molar-refractivity contribution in [3.8, 4) is 0 Å². The maximum atomic E-state index is 11.8. The lowest BCUT2D eigenvalue weighted by atomic mass is 10.1. The summed E-state index contributed by atoms with van der Waals surface area (Å²) in [5.41, 5.74) is 15.9. The molecule has 0 saturated heterocycles.